The van der Waals surface area contributed by atoms with Gasteiger partial charge in [0, 0.05) is 11.4 Å². The summed E-state index contributed by atoms with van der Waals surface area (Å²) in [5.74, 6) is 0.593. The number of benzene rings is 1. The Kier molecular flexibility index (Phi) is 4.45. The Balaban J connectivity index is 2.06. The van der Waals surface area contributed by atoms with Crippen molar-refractivity contribution in [3.63, 3.8) is 0 Å². The van der Waals surface area contributed by atoms with Crippen LogP contribution in [0.3, 0.4) is 0 Å². The number of nitrogens with one attached hydrogen (secondary N) is 1. The molecule has 1 aromatic rings. The second-order valence-corrected chi connectivity index (χ2v) is 7.33. The molecule has 1 fully saturated rings. The van der Waals surface area contributed by atoms with Crippen LogP contribution in [0.25, 0.3) is 0 Å². The molecule has 0 aliphatic heterocycles. The molecular weight excluding hydrogens is 314 g/mol. The topological polar surface area (TPSA) is 46.2 Å². The molecular formula is C13H18BrNO2S. The minimum Gasteiger partial charge on any atom is -0.208 e. The summed E-state index contributed by atoms with van der Waals surface area (Å²) in [6, 6.07) is 7.05. The highest BCUT2D eigenvalue weighted by molar-refractivity contribution is 9.09. The summed E-state index contributed by atoms with van der Waals surface area (Å²) < 4.78 is 27.1. The van der Waals surface area contributed by atoms with Crippen molar-refractivity contribution in [2.24, 2.45) is 5.92 Å². The molecule has 0 bridgehead atoms. The van der Waals surface area contributed by atoms with Crippen LogP contribution in [0.5, 0.6) is 0 Å². The van der Waals surface area contributed by atoms with E-state index in [2.05, 4.69) is 20.7 Å². The standard InChI is InChI=1S/C13H18BrNO2S/c1-10-2-6-13(7-3-10)18(16,17)15-12-5-4-11(8-12)9-14/h2-3,6-7,11-12,15H,4-5,8-9H2,1H3/t11-,12+/m0/s1. The number of hydrogen-bond acceptors (Lipinski definition) is 2. The van der Waals surface area contributed by atoms with Crippen molar-refractivity contribution >= 4 is 26.0 Å². The summed E-state index contributed by atoms with van der Waals surface area (Å²) in [7, 11) is -3.36. The Labute approximate surface area is 117 Å². The molecule has 1 aliphatic rings. The lowest BCUT2D eigenvalue weighted by atomic mass is 10.1. The van der Waals surface area contributed by atoms with Gasteiger partial charge in [-0.1, -0.05) is 33.6 Å². The first-order valence-electron chi connectivity index (χ1n) is 6.16. The van der Waals surface area contributed by atoms with Crippen LogP contribution in [-0.2, 0) is 10.0 Å². The lowest BCUT2D eigenvalue weighted by Crippen LogP contribution is -2.33. The molecule has 1 aliphatic carbocycles. The molecule has 0 amide bonds. The highest BCUT2D eigenvalue weighted by atomic mass is 79.9. The maximum absolute atomic E-state index is 12.2. The quantitative estimate of drug-likeness (QED) is 0.862. The summed E-state index contributed by atoms with van der Waals surface area (Å²) in [5, 5.41) is 0.954. The third-order valence-electron chi connectivity index (χ3n) is 3.41. The largest absolute Gasteiger partial charge is 0.240 e. The molecule has 5 heteroatoms. The number of aryl methyl sites for hydroxylation is 1. The van der Waals surface area contributed by atoms with E-state index in [1.807, 2.05) is 19.1 Å². The Morgan fingerprint density at radius 1 is 1.28 bits per heavy atom. The Morgan fingerprint density at radius 3 is 2.50 bits per heavy atom. The fourth-order valence-corrected chi connectivity index (χ4v) is 4.20. The van der Waals surface area contributed by atoms with E-state index in [9.17, 15) is 8.42 Å². The van der Waals surface area contributed by atoms with Gasteiger partial charge in [0.15, 0.2) is 0 Å². The van der Waals surface area contributed by atoms with E-state index >= 15 is 0 Å². The maximum atomic E-state index is 12.2. The van der Waals surface area contributed by atoms with Crippen LogP contribution in [0.2, 0.25) is 0 Å². The zero-order valence-corrected chi connectivity index (χ0v) is 12.8. The highest BCUT2D eigenvalue weighted by Crippen LogP contribution is 2.28. The highest BCUT2D eigenvalue weighted by Gasteiger charge is 2.27. The monoisotopic (exact) mass is 331 g/mol. The first kappa shape index (κ1) is 14.0. The zero-order valence-electron chi connectivity index (χ0n) is 10.4. The molecule has 0 spiro atoms. The van der Waals surface area contributed by atoms with Crippen LogP contribution in [0.15, 0.2) is 29.2 Å². The molecule has 0 unspecified atom stereocenters. The summed E-state index contributed by atoms with van der Waals surface area (Å²) in [6.07, 6.45) is 2.95. The Morgan fingerprint density at radius 2 is 1.94 bits per heavy atom. The smallest absolute Gasteiger partial charge is 0.208 e. The van der Waals surface area contributed by atoms with Gasteiger partial charge in [0.25, 0.3) is 0 Å². The molecule has 0 aromatic heterocycles. The summed E-state index contributed by atoms with van der Waals surface area (Å²) in [6.45, 7) is 1.95. The van der Waals surface area contributed by atoms with Crippen molar-refractivity contribution in [3.8, 4) is 0 Å². The van der Waals surface area contributed by atoms with Crippen molar-refractivity contribution in [2.45, 2.75) is 37.1 Å². The number of rotatable bonds is 4. The molecule has 1 aromatic carbocycles. The van der Waals surface area contributed by atoms with Gasteiger partial charge in [0.2, 0.25) is 10.0 Å². The Bertz CT molecular complexity index is 498. The van der Waals surface area contributed by atoms with Crippen molar-refractivity contribution in [2.75, 3.05) is 5.33 Å². The van der Waals surface area contributed by atoms with Gasteiger partial charge in [0.05, 0.1) is 4.90 Å². The molecule has 1 N–H and O–H groups in total. The second-order valence-electron chi connectivity index (χ2n) is 4.96. The zero-order chi connectivity index (χ0) is 13.2. The van der Waals surface area contributed by atoms with Crippen LogP contribution >= 0.6 is 15.9 Å². The average Bonchev–Trinajstić information content (AvgIpc) is 2.76. The summed E-state index contributed by atoms with van der Waals surface area (Å²) in [4.78, 5) is 0.357. The lowest BCUT2D eigenvalue weighted by molar-refractivity contribution is 0.541. The van der Waals surface area contributed by atoms with E-state index in [0.29, 0.717) is 10.8 Å². The average molecular weight is 332 g/mol. The fraction of sp³-hybridized carbons (Fsp3) is 0.538. The third kappa shape index (κ3) is 3.33. The van der Waals surface area contributed by atoms with Crippen molar-refractivity contribution in [3.05, 3.63) is 29.8 Å². The molecule has 0 heterocycles. The van der Waals surface area contributed by atoms with Gasteiger partial charge in [0.1, 0.15) is 0 Å². The van der Waals surface area contributed by atoms with Gasteiger partial charge in [-0.2, -0.15) is 0 Å². The summed E-state index contributed by atoms with van der Waals surface area (Å²) in [5.41, 5.74) is 1.06. The van der Waals surface area contributed by atoms with Crippen LogP contribution in [-0.4, -0.2) is 19.8 Å². The van der Waals surface area contributed by atoms with Crippen molar-refractivity contribution in [1.29, 1.82) is 0 Å². The fourth-order valence-electron chi connectivity index (χ4n) is 2.33. The molecule has 100 valence electrons. The molecule has 3 nitrogen and oxygen atoms in total. The van der Waals surface area contributed by atoms with Crippen LogP contribution in [0, 0.1) is 12.8 Å². The molecule has 0 radical (unpaired) electrons. The van der Waals surface area contributed by atoms with Crippen molar-refractivity contribution < 1.29 is 8.42 Å². The third-order valence-corrected chi connectivity index (χ3v) is 5.86. The van der Waals surface area contributed by atoms with E-state index in [0.717, 1.165) is 30.2 Å². The first-order valence-corrected chi connectivity index (χ1v) is 8.76. The van der Waals surface area contributed by atoms with E-state index < -0.39 is 10.0 Å². The van der Waals surface area contributed by atoms with Gasteiger partial charge in [-0.05, 0) is 44.2 Å². The van der Waals surface area contributed by atoms with Gasteiger partial charge >= 0.3 is 0 Å². The SMILES string of the molecule is Cc1ccc(S(=O)(=O)N[C@@H]2CC[C@H](CBr)C2)cc1. The second kappa shape index (κ2) is 5.72. The predicted molar refractivity (Wildman–Crippen MR) is 76.4 cm³/mol. The van der Waals surface area contributed by atoms with Gasteiger partial charge in [-0.3, -0.25) is 0 Å². The molecule has 0 saturated heterocycles. The number of halogens is 1. The number of sulfonamides is 1. The van der Waals surface area contributed by atoms with Crippen molar-refractivity contribution in [1.82, 2.24) is 4.72 Å². The summed E-state index contributed by atoms with van der Waals surface area (Å²) >= 11 is 3.46. The molecule has 1 saturated carbocycles. The number of alkyl halides is 1. The van der Waals surface area contributed by atoms with Crippen LogP contribution in [0.1, 0.15) is 24.8 Å². The first-order chi connectivity index (χ1) is 8.51. The number of hydrogen-bond donors (Lipinski definition) is 1. The minimum absolute atomic E-state index is 0.0823. The van der Waals surface area contributed by atoms with Crippen LogP contribution < -0.4 is 4.72 Å². The molecule has 18 heavy (non-hydrogen) atoms. The van der Waals surface area contributed by atoms with E-state index in [4.69, 9.17) is 0 Å². The van der Waals surface area contributed by atoms with Gasteiger partial charge in [-0.25, -0.2) is 13.1 Å². The van der Waals surface area contributed by atoms with Crippen LogP contribution in [0.4, 0.5) is 0 Å². The minimum atomic E-state index is -3.36. The van der Waals surface area contributed by atoms with Gasteiger partial charge in [-0.15, -0.1) is 0 Å². The van der Waals surface area contributed by atoms with Gasteiger partial charge < -0.3 is 0 Å². The Hall–Kier alpha value is -0.390. The van der Waals surface area contributed by atoms with E-state index in [-0.39, 0.29) is 6.04 Å². The predicted octanol–water partition coefficient (Wildman–Crippen LogP) is 2.84. The van der Waals surface area contributed by atoms with E-state index in [1.165, 1.54) is 0 Å². The maximum Gasteiger partial charge on any atom is 0.240 e. The molecule has 2 rings (SSSR count). The van der Waals surface area contributed by atoms with E-state index in [1.54, 1.807) is 12.1 Å². The lowest BCUT2D eigenvalue weighted by Gasteiger charge is -2.13. The molecule has 2 atom stereocenters. The normalized spacial score (nSPS) is 24.3.